The van der Waals surface area contributed by atoms with Crippen molar-refractivity contribution in [2.75, 3.05) is 12.4 Å². The highest BCUT2D eigenvalue weighted by Crippen LogP contribution is 2.46. The molecular weight excluding hydrogens is 496 g/mol. The van der Waals surface area contributed by atoms with E-state index in [0.29, 0.717) is 34.6 Å². The number of nitrogens with one attached hydrogen (secondary N) is 2. The Bertz CT molecular complexity index is 1520. The maximum absolute atomic E-state index is 13.8. The van der Waals surface area contributed by atoms with Gasteiger partial charge in [0.25, 0.3) is 11.6 Å². The van der Waals surface area contributed by atoms with Crippen LogP contribution in [0, 0.1) is 17.0 Å². The van der Waals surface area contributed by atoms with Crippen molar-refractivity contribution in [2.45, 2.75) is 38.5 Å². The van der Waals surface area contributed by atoms with Gasteiger partial charge in [-0.05, 0) is 61.6 Å². The van der Waals surface area contributed by atoms with Gasteiger partial charge in [-0.2, -0.15) is 0 Å². The molecule has 0 saturated carbocycles. The number of ether oxygens (including phenoxy) is 1. The molecule has 39 heavy (non-hydrogen) atoms. The molecule has 1 amide bonds. The first-order valence-electron chi connectivity index (χ1n) is 12.6. The Morgan fingerprint density at radius 2 is 1.72 bits per heavy atom. The lowest BCUT2D eigenvalue weighted by molar-refractivity contribution is -0.384. The SMILES string of the molecule is COc1ccc(C2CC(=O)C3=C(C2)NC(C)=C(C(=O)Nc2cccc(C)n2)C3c2ccc([N+](=O)[O-])cc2)cc1. The number of dihydropyridines is 1. The quantitative estimate of drug-likeness (QED) is 0.331. The van der Waals surface area contributed by atoms with E-state index in [1.54, 1.807) is 31.4 Å². The molecule has 1 aromatic heterocycles. The summed E-state index contributed by atoms with van der Waals surface area (Å²) in [5.41, 5.74) is 4.62. The van der Waals surface area contributed by atoms with Gasteiger partial charge in [0.05, 0.1) is 12.0 Å². The number of carbonyl (C=O) groups is 2. The van der Waals surface area contributed by atoms with Crippen molar-refractivity contribution < 1.29 is 19.2 Å². The minimum absolute atomic E-state index is 0.0353. The van der Waals surface area contributed by atoms with E-state index in [1.807, 2.05) is 44.2 Å². The molecule has 0 spiro atoms. The summed E-state index contributed by atoms with van der Waals surface area (Å²) in [4.78, 5) is 42.6. The van der Waals surface area contributed by atoms with E-state index in [9.17, 15) is 19.7 Å². The van der Waals surface area contributed by atoms with Gasteiger partial charge in [0.1, 0.15) is 11.6 Å². The number of nitro benzene ring substituents is 1. The van der Waals surface area contributed by atoms with Crippen molar-refractivity contribution in [3.63, 3.8) is 0 Å². The molecule has 0 radical (unpaired) electrons. The summed E-state index contributed by atoms with van der Waals surface area (Å²) >= 11 is 0. The average Bonchev–Trinajstić information content (AvgIpc) is 2.92. The Kier molecular flexibility index (Phi) is 6.98. The van der Waals surface area contributed by atoms with Crippen LogP contribution in [0.3, 0.4) is 0 Å². The number of hydrogen-bond donors (Lipinski definition) is 2. The highest BCUT2D eigenvalue weighted by Gasteiger charge is 2.41. The van der Waals surface area contributed by atoms with Crippen molar-refractivity contribution >= 4 is 23.2 Å². The van der Waals surface area contributed by atoms with Crippen molar-refractivity contribution in [1.29, 1.82) is 0 Å². The predicted molar refractivity (Wildman–Crippen MR) is 146 cm³/mol. The van der Waals surface area contributed by atoms with Crippen LogP contribution in [0.4, 0.5) is 11.5 Å². The minimum Gasteiger partial charge on any atom is -0.497 e. The second-order valence-electron chi connectivity index (χ2n) is 9.76. The molecule has 2 aromatic carbocycles. The van der Waals surface area contributed by atoms with Gasteiger partial charge in [0, 0.05) is 52.7 Å². The van der Waals surface area contributed by atoms with E-state index < -0.39 is 16.7 Å². The Labute approximate surface area is 225 Å². The van der Waals surface area contributed by atoms with Crippen LogP contribution in [0.15, 0.2) is 89.3 Å². The summed E-state index contributed by atoms with van der Waals surface area (Å²) in [5.74, 6) is -0.0371. The number of ketones is 1. The summed E-state index contributed by atoms with van der Waals surface area (Å²) in [5, 5.41) is 17.5. The maximum Gasteiger partial charge on any atom is 0.269 e. The lowest BCUT2D eigenvalue weighted by Gasteiger charge is -2.37. The second kappa shape index (κ2) is 10.5. The molecule has 2 heterocycles. The number of nitro groups is 1. The second-order valence-corrected chi connectivity index (χ2v) is 9.76. The normalized spacial score (nSPS) is 18.8. The minimum atomic E-state index is -0.684. The van der Waals surface area contributed by atoms with Gasteiger partial charge in [0.15, 0.2) is 5.78 Å². The van der Waals surface area contributed by atoms with Crippen molar-refractivity contribution in [3.05, 3.63) is 116 Å². The summed E-state index contributed by atoms with van der Waals surface area (Å²) in [6, 6.07) is 19.1. The van der Waals surface area contributed by atoms with Crippen LogP contribution >= 0.6 is 0 Å². The number of anilines is 1. The Morgan fingerprint density at radius 3 is 2.36 bits per heavy atom. The van der Waals surface area contributed by atoms with Crippen LogP contribution in [0.1, 0.15) is 48.4 Å². The fraction of sp³-hybridized carbons (Fsp3) is 0.233. The molecule has 5 rings (SSSR count). The number of nitrogens with zero attached hydrogens (tertiary/aromatic N) is 2. The summed E-state index contributed by atoms with van der Waals surface area (Å²) in [7, 11) is 1.61. The first-order chi connectivity index (χ1) is 18.7. The van der Waals surface area contributed by atoms with Gasteiger partial charge in [0.2, 0.25) is 0 Å². The van der Waals surface area contributed by atoms with Crippen molar-refractivity contribution in [1.82, 2.24) is 10.3 Å². The van der Waals surface area contributed by atoms with Crippen LogP contribution < -0.4 is 15.4 Å². The molecule has 3 aromatic rings. The number of amides is 1. The fourth-order valence-corrected chi connectivity index (χ4v) is 5.37. The predicted octanol–water partition coefficient (Wildman–Crippen LogP) is 5.31. The number of Topliss-reactive ketones (excluding diaryl/α,β-unsaturated/α-hetero) is 1. The molecule has 1 aliphatic carbocycles. The first kappa shape index (κ1) is 25.8. The zero-order valence-electron chi connectivity index (χ0n) is 21.9. The van der Waals surface area contributed by atoms with E-state index in [1.165, 1.54) is 12.1 Å². The van der Waals surface area contributed by atoms with Crippen LogP contribution in [0.2, 0.25) is 0 Å². The standard InChI is InChI=1S/C30H28N4O5/c1-17-5-4-6-26(31-17)33-30(36)27-18(2)32-24-15-21(19-9-13-23(39-3)14-10-19)16-25(35)29(24)28(27)20-7-11-22(12-8-20)34(37)38/h4-14,21,28,32H,15-16H2,1-3H3,(H,31,33,36). The zero-order valence-corrected chi connectivity index (χ0v) is 21.9. The van der Waals surface area contributed by atoms with Crippen molar-refractivity contribution in [2.24, 2.45) is 0 Å². The number of aromatic nitrogens is 1. The van der Waals surface area contributed by atoms with Crippen LogP contribution in [-0.4, -0.2) is 28.7 Å². The molecule has 2 unspecified atom stereocenters. The fourth-order valence-electron chi connectivity index (χ4n) is 5.37. The topological polar surface area (TPSA) is 123 Å². The molecule has 2 aliphatic rings. The molecule has 1 aliphatic heterocycles. The number of rotatable bonds is 6. The number of benzene rings is 2. The number of allylic oxidation sites excluding steroid dienone is 3. The molecule has 0 saturated heterocycles. The summed E-state index contributed by atoms with van der Waals surface area (Å²) < 4.78 is 5.27. The van der Waals surface area contributed by atoms with Gasteiger partial charge < -0.3 is 15.4 Å². The van der Waals surface area contributed by atoms with E-state index in [0.717, 1.165) is 22.7 Å². The Hall–Kier alpha value is -4.79. The third-order valence-corrected chi connectivity index (χ3v) is 7.23. The van der Waals surface area contributed by atoms with E-state index in [-0.39, 0.29) is 23.8 Å². The number of pyridine rings is 1. The number of hydrogen-bond acceptors (Lipinski definition) is 7. The Morgan fingerprint density at radius 1 is 1.03 bits per heavy atom. The zero-order chi connectivity index (χ0) is 27.7. The van der Waals surface area contributed by atoms with Crippen LogP contribution in [0.25, 0.3) is 0 Å². The average molecular weight is 525 g/mol. The van der Waals surface area contributed by atoms with Gasteiger partial charge >= 0.3 is 0 Å². The molecule has 9 nitrogen and oxygen atoms in total. The molecule has 0 bridgehead atoms. The smallest absolute Gasteiger partial charge is 0.269 e. The first-order valence-corrected chi connectivity index (χ1v) is 12.6. The molecule has 2 N–H and O–H groups in total. The lowest BCUT2D eigenvalue weighted by atomic mass is 9.71. The molecule has 9 heteroatoms. The van der Waals surface area contributed by atoms with E-state index in [4.69, 9.17) is 4.74 Å². The Balaban J connectivity index is 1.55. The van der Waals surface area contributed by atoms with Crippen LogP contribution in [0.5, 0.6) is 5.75 Å². The van der Waals surface area contributed by atoms with Gasteiger partial charge in [-0.25, -0.2) is 4.98 Å². The highest BCUT2D eigenvalue weighted by atomic mass is 16.6. The summed E-state index contributed by atoms with van der Waals surface area (Å²) in [6.45, 7) is 3.64. The number of methoxy groups -OCH3 is 1. The molecule has 2 atom stereocenters. The summed E-state index contributed by atoms with van der Waals surface area (Å²) in [6.07, 6.45) is 0.867. The van der Waals surface area contributed by atoms with E-state index in [2.05, 4.69) is 15.6 Å². The van der Waals surface area contributed by atoms with Crippen molar-refractivity contribution in [3.8, 4) is 5.75 Å². The number of carbonyl (C=O) groups excluding carboxylic acids is 2. The number of aryl methyl sites for hydroxylation is 1. The highest BCUT2D eigenvalue weighted by molar-refractivity contribution is 6.09. The molecular formula is C30H28N4O5. The monoisotopic (exact) mass is 524 g/mol. The maximum atomic E-state index is 13.8. The number of non-ortho nitro benzene ring substituents is 1. The van der Waals surface area contributed by atoms with Crippen LogP contribution in [-0.2, 0) is 9.59 Å². The molecule has 0 fully saturated rings. The lowest BCUT2D eigenvalue weighted by Crippen LogP contribution is -2.37. The van der Waals surface area contributed by atoms with Gasteiger partial charge in [-0.15, -0.1) is 0 Å². The molecule has 198 valence electrons. The third-order valence-electron chi connectivity index (χ3n) is 7.23. The van der Waals surface area contributed by atoms with Gasteiger partial charge in [-0.1, -0.05) is 30.3 Å². The largest absolute Gasteiger partial charge is 0.497 e. The van der Waals surface area contributed by atoms with E-state index >= 15 is 0 Å². The van der Waals surface area contributed by atoms with Gasteiger partial charge in [-0.3, -0.25) is 19.7 Å². The third kappa shape index (κ3) is 5.16.